The van der Waals surface area contributed by atoms with Gasteiger partial charge in [0.2, 0.25) is 5.91 Å². The van der Waals surface area contributed by atoms with Gasteiger partial charge < -0.3 is 4.90 Å². The Hall–Kier alpha value is -2.74. The zero-order valence-electron chi connectivity index (χ0n) is 14.2. The number of hydrogen-bond donors (Lipinski definition) is 0. The Morgan fingerprint density at radius 1 is 1.24 bits per heavy atom. The molecule has 0 spiro atoms. The summed E-state index contributed by atoms with van der Waals surface area (Å²) in [5.41, 5.74) is 2.49. The normalized spacial score (nSPS) is 15.3. The lowest BCUT2D eigenvalue weighted by Crippen LogP contribution is -2.49. The first-order chi connectivity index (χ1) is 12.0. The highest BCUT2D eigenvalue weighted by atomic mass is 16.6. The number of hydrogen-bond acceptors (Lipinski definition) is 5. The summed E-state index contributed by atoms with van der Waals surface area (Å²) in [6.07, 6.45) is 2.44. The molecular formula is C17H21N5O3. The molecule has 2 aromatic rings. The number of amides is 1. The maximum atomic E-state index is 12.3. The van der Waals surface area contributed by atoms with Crippen molar-refractivity contribution in [2.24, 2.45) is 0 Å². The summed E-state index contributed by atoms with van der Waals surface area (Å²) in [6, 6.07) is 8.33. The number of rotatable bonds is 5. The Morgan fingerprint density at radius 2 is 1.96 bits per heavy atom. The van der Waals surface area contributed by atoms with Crippen molar-refractivity contribution in [2.45, 2.75) is 20.0 Å². The summed E-state index contributed by atoms with van der Waals surface area (Å²) < 4.78 is 1.32. The fourth-order valence-electron chi connectivity index (χ4n) is 2.96. The van der Waals surface area contributed by atoms with E-state index >= 15 is 0 Å². The van der Waals surface area contributed by atoms with Gasteiger partial charge in [-0.05, 0) is 18.1 Å². The minimum atomic E-state index is -0.516. The molecule has 0 N–H and O–H groups in total. The van der Waals surface area contributed by atoms with Gasteiger partial charge in [0, 0.05) is 32.7 Å². The molecule has 0 bridgehead atoms. The number of aryl methyl sites for hydroxylation is 1. The van der Waals surface area contributed by atoms with E-state index in [0.29, 0.717) is 13.1 Å². The van der Waals surface area contributed by atoms with Crippen LogP contribution in [-0.4, -0.2) is 56.6 Å². The monoisotopic (exact) mass is 343 g/mol. The standard InChI is InChI=1S/C17H21N5O3/c1-14-4-2-3-5-15(14)11-19-6-8-20(9-7-19)17(23)13-21-12-16(10-18-21)22(24)25/h2-5,10,12H,6-9,11,13H2,1H3. The zero-order chi connectivity index (χ0) is 17.8. The topological polar surface area (TPSA) is 84.5 Å². The second-order valence-corrected chi connectivity index (χ2v) is 6.24. The third-order valence-corrected chi connectivity index (χ3v) is 4.51. The Kier molecular flexibility index (Phi) is 5.08. The van der Waals surface area contributed by atoms with E-state index in [2.05, 4.69) is 29.1 Å². The van der Waals surface area contributed by atoms with Crippen LogP contribution < -0.4 is 0 Å². The number of benzene rings is 1. The van der Waals surface area contributed by atoms with Gasteiger partial charge in [-0.1, -0.05) is 24.3 Å². The maximum Gasteiger partial charge on any atom is 0.307 e. The molecule has 8 nitrogen and oxygen atoms in total. The molecule has 1 aromatic heterocycles. The largest absolute Gasteiger partial charge is 0.339 e. The minimum absolute atomic E-state index is 0.0334. The summed E-state index contributed by atoms with van der Waals surface area (Å²) in [5, 5.41) is 14.5. The second kappa shape index (κ2) is 7.43. The van der Waals surface area contributed by atoms with Gasteiger partial charge in [-0.25, -0.2) is 0 Å². The summed E-state index contributed by atoms with van der Waals surface area (Å²) >= 11 is 0. The first kappa shape index (κ1) is 17.1. The van der Waals surface area contributed by atoms with E-state index in [4.69, 9.17) is 0 Å². The Morgan fingerprint density at radius 3 is 2.60 bits per heavy atom. The molecule has 1 aromatic carbocycles. The van der Waals surface area contributed by atoms with Gasteiger partial charge in [0.1, 0.15) is 18.9 Å². The fraction of sp³-hybridized carbons (Fsp3) is 0.412. The van der Waals surface area contributed by atoms with Crippen molar-refractivity contribution in [3.05, 3.63) is 57.9 Å². The average Bonchev–Trinajstić information content (AvgIpc) is 3.06. The fourth-order valence-corrected chi connectivity index (χ4v) is 2.96. The van der Waals surface area contributed by atoms with Crippen molar-refractivity contribution in [1.29, 1.82) is 0 Å². The van der Waals surface area contributed by atoms with Crippen LogP contribution in [0.5, 0.6) is 0 Å². The SMILES string of the molecule is Cc1ccccc1CN1CCN(C(=O)Cn2cc([N+](=O)[O-])cn2)CC1. The molecule has 3 rings (SSSR count). The molecule has 0 saturated carbocycles. The van der Waals surface area contributed by atoms with Gasteiger partial charge >= 0.3 is 5.69 Å². The van der Waals surface area contributed by atoms with Gasteiger partial charge in [0.05, 0.1) is 4.92 Å². The molecular weight excluding hydrogens is 322 g/mol. The number of aromatic nitrogens is 2. The van der Waals surface area contributed by atoms with Crippen molar-refractivity contribution in [1.82, 2.24) is 19.6 Å². The number of nitro groups is 1. The highest BCUT2D eigenvalue weighted by Gasteiger charge is 2.22. The van der Waals surface area contributed by atoms with Crippen molar-refractivity contribution in [3.8, 4) is 0 Å². The molecule has 0 unspecified atom stereocenters. The van der Waals surface area contributed by atoms with Gasteiger partial charge in [-0.2, -0.15) is 5.10 Å². The number of piperazine rings is 1. The van der Waals surface area contributed by atoms with Crippen LogP contribution in [0.4, 0.5) is 5.69 Å². The predicted molar refractivity (Wildman–Crippen MR) is 91.9 cm³/mol. The molecule has 0 aliphatic carbocycles. The van der Waals surface area contributed by atoms with Crippen LogP contribution in [0, 0.1) is 17.0 Å². The maximum absolute atomic E-state index is 12.3. The third kappa shape index (κ3) is 4.21. The summed E-state index contributed by atoms with van der Waals surface area (Å²) in [5.74, 6) is -0.0615. The van der Waals surface area contributed by atoms with Crippen LogP contribution in [0.2, 0.25) is 0 Å². The molecule has 1 amide bonds. The molecule has 132 valence electrons. The Bertz CT molecular complexity index is 765. The number of carbonyl (C=O) groups excluding carboxylic acids is 1. The van der Waals surface area contributed by atoms with Gasteiger partial charge in [0.15, 0.2) is 0 Å². The Balaban J connectivity index is 1.50. The van der Waals surface area contributed by atoms with Crippen LogP contribution in [-0.2, 0) is 17.9 Å². The smallest absolute Gasteiger partial charge is 0.307 e. The molecule has 8 heteroatoms. The second-order valence-electron chi connectivity index (χ2n) is 6.24. The predicted octanol–water partition coefficient (Wildman–Crippen LogP) is 1.44. The van der Waals surface area contributed by atoms with E-state index in [-0.39, 0.29) is 18.1 Å². The van der Waals surface area contributed by atoms with Gasteiger partial charge in [0.25, 0.3) is 0 Å². The number of nitrogens with zero attached hydrogens (tertiary/aromatic N) is 5. The van der Waals surface area contributed by atoms with E-state index in [9.17, 15) is 14.9 Å². The van der Waals surface area contributed by atoms with Crippen molar-refractivity contribution in [2.75, 3.05) is 26.2 Å². The zero-order valence-corrected chi connectivity index (χ0v) is 14.2. The molecule has 1 saturated heterocycles. The number of carbonyl (C=O) groups is 1. The highest BCUT2D eigenvalue weighted by molar-refractivity contribution is 5.76. The van der Waals surface area contributed by atoms with E-state index in [1.54, 1.807) is 4.90 Å². The average molecular weight is 343 g/mol. The quantitative estimate of drug-likeness (QED) is 0.606. The van der Waals surface area contributed by atoms with E-state index in [1.807, 2.05) is 12.1 Å². The molecule has 25 heavy (non-hydrogen) atoms. The molecule has 1 fully saturated rings. The lowest BCUT2D eigenvalue weighted by atomic mass is 10.1. The molecule has 1 aliphatic heterocycles. The van der Waals surface area contributed by atoms with E-state index in [1.165, 1.54) is 22.0 Å². The summed E-state index contributed by atoms with van der Waals surface area (Å²) in [7, 11) is 0. The van der Waals surface area contributed by atoms with Crippen LogP contribution in [0.3, 0.4) is 0 Å². The van der Waals surface area contributed by atoms with Crippen LogP contribution >= 0.6 is 0 Å². The molecule has 1 aliphatic rings. The lowest BCUT2D eigenvalue weighted by molar-refractivity contribution is -0.385. The van der Waals surface area contributed by atoms with Crippen LogP contribution in [0.25, 0.3) is 0 Å². The molecule has 2 heterocycles. The van der Waals surface area contributed by atoms with Crippen molar-refractivity contribution < 1.29 is 9.72 Å². The summed E-state index contributed by atoms with van der Waals surface area (Å²) in [6.45, 7) is 5.99. The Labute approximate surface area is 145 Å². The third-order valence-electron chi connectivity index (χ3n) is 4.51. The first-order valence-electron chi connectivity index (χ1n) is 8.24. The minimum Gasteiger partial charge on any atom is -0.339 e. The van der Waals surface area contributed by atoms with E-state index < -0.39 is 4.92 Å². The van der Waals surface area contributed by atoms with E-state index in [0.717, 1.165) is 25.8 Å². The van der Waals surface area contributed by atoms with Crippen molar-refractivity contribution in [3.63, 3.8) is 0 Å². The van der Waals surface area contributed by atoms with Gasteiger partial charge in [-0.15, -0.1) is 0 Å². The molecule has 0 radical (unpaired) electrons. The first-order valence-corrected chi connectivity index (χ1v) is 8.24. The highest BCUT2D eigenvalue weighted by Crippen LogP contribution is 2.13. The lowest BCUT2D eigenvalue weighted by Gasteiger charge is -2.35. The van der Waals surface area contributed by atoms with Gasteiger partial charge in [-0.3, -0.25) is 24.5 Å². The van der Waals surface area contributed by atoms with Crippen LogP contribution in [0.15, 0.2) is 36.7 Å². The molecule has 0 atom stereocenters. The van der Waals surface area contributed by atoms with Crippen LogP contribution in [0.1, 0.15) is 11.1 Å². The van der Waals surface area contributed by atoms with Crippen molar-refractivity contribution >= 4 is 11.6 Å². The summed E-state index contributed by atoms with van der Waals surface area (Å²) in [4.78, 5) is 26.6.